The summed E-state index contributed by atoms with van der Waals surface area (Å²) in [7, 11) is 1.73. The van der Waals surface area contributed by atoms with Gasteiger partial charge in [0.05, 0.1) is 0 Å². The van der Waals surface area contributed by atoms with Gasteiger partial charge in [0.2, 0.25) is 0 Å². The molecule has 0 bridgehead atoms. The molecule has 0 aromatic heterocycles. The van der Waals surface area contributed by atoms with Gasteiger partial charge in [0.1, 0.15) is 5.82 Å². The van der Waals surface area contributed by atoms with Crippen molar-refractivity contribution in [3.63, 3.8) is 0 Å². The van der Waals surface area contributed by atoms with Gasteiger partial charge in [-0.2, -0.15) is 0 Å². The van der Waals surface area contributed by atoms with E-state index in [1.165, 1.54) is 5.56 Å². The van der Waals surface area contributed by atoms with Crippen molar-refractivity contribution in [3.8, 4) is 0 Å². The third-order valence-electron chi connectivity index (χ3n) is 3.13. The number of rotatable bonds is 9. The molecule has 1 unspecified atom stereocenters. The lowest BCUT2D eigenvalue weighted by atomic mass is 9.93. The Morgan fingerprint density at radius 1 is 1.22 bits per heavy atom. The smallest absolute Gasteiger partial charge is 0.123 e. The highest BCUT2D eigenvalue weighted by Gasteiger charge is 2.10. The molecular formula is C15H24FNO. The Kier molecular flexibility index (Phi) is 7.62. The van der Waals surface area contributed by atoms with Crippen molar-refractivity contribution in [2.45, 2.75) is 32.1 Å². The standard InChI is InChI=1S/C15H24FNO/c1-3-17-12-14(6-4-5-11-18-2)13-7-9-15(16)10-8-13/h7-10,14,17H,3-6,11-12H2,1-2H3. The molecule has 0 radical (unpaired) electrons. The molecule has 3 heteroatoms. The monoisotopic (exact) mass is 253 g/mol. The van der Waals surface area contributed by atoms with Crippen LogP contribution in [-0.2, 0) is 4.74 Å². The number of hydrogen-bond donors (Lipinski definition) is 1. The Morgan fingerprint density at radius 3 is 2.56 bits per heavy atom. The highest BCUT2D eigenvalue weighted by atomic mass is 19.1. The van der Waals surface area contributed by atoms with E-state index in [2.05, 4.69) is 12.2 Å². The molecule has 0 amide bonds. The molecule has 18 heavy (non-hydrogen) atoms. The number of halogens is 1. The number of methoxy groups -OCH3 is 1. The first-order valence-corrected chi connectivity index (χ1v) is 6.73. The lowest BCUT2D eigenvalue weighted by Gasteiger charge is -2.17. The van der Waals surface area contributed by atoms with Gasteiger partial charge in [-0.15, -0.1) is 0 Å². The van der Waals surface area contributed by atoms with E-state index in [1.54, 1.807) is 19.2 Å². The summed E-state index contributed by atoms with van der Waals surface area (Å²) in [4.78, 5) is 0. The zero-order valence-corrected chi connectivity index (χ0v) is 11.4. The Hall–Kier alpha value is -0.930. The van der Waals surface area contributed by atoms with Crippen molar-refractivity contribution in [3.05, 3.63) is 35.6 Å². The molecule has 0 fully saturated rings. The fraction of sp³-hybridized carbons (Fsp3) is 0.600. The van der Waals surface area contributed by atoms with Gasteiger partial charge in [-0.1, -0.05) is 25.5 Å². The predicted octanol–water partition coefficient (Wildman–Crippen LogP) is 3.34. The van der Waals surface area contributed by atoms with Gasteiger partial charge in [0.15, 0.2) is 0 Å². The number of ether oxygens (including phenoxy) is 1. The van der Waals surface area contributed by atoms with Crippen LogP contribution in [0, 0.1) is 5.82 Å². The first-order valence-electron chi connectivity index (χ1n) is 6.73. The fourth-order valence-electron chi connectivity index (χ4n) is 2.08. The number of benzene rings is 1. The van der Waals surface area contributed by atoms with Gasteiger partial charge >= 0.3 is 0 Å². The second-order valence-electron chi connectivity index (χ2n) is 4.54. The Labute approximate surface area is 110 Å². The van der Waals surface area contributed by atoms with E-state index >= 15 is 0 Å². The van der Waals surface area contributed by atoms with Crippen molar-refractivity contribution in [2.24, 2.45) is 0 Å². The van der Waals surface area contributed by atoms with E-state index in [4.69, 9.17) is 4.74 Å². The average Bonchev–Trinajstić information content (AvgIpc) is 2.39. The van der Waals surface area contributed by atoms with Crippen molar-refractivity contribution in [1.29, 1.82) is 0 Å². The summed E-state index contributed by atoms with van der Waals surface area (Å²) < 4.78 is 18.0. The highest BCUT2D eigenvalue weighted by Crippen LogP contribution is 2.21. The molecule has 0 saturated heterocycles. The molecule has 0 saturated carbocycles. The van der Waals surface area contributed by atoms with E-state index in [-0.39, 0.29) is 5.82 Å². The van der Waals surface area contributed by atoms with Crippen molar-refractivity contribution in [1.82, 2.24) is 5.32 Å². The molecule has 1 aromatic carbocycles. The van der Waals surface area contributed by atoms with Crippen LogP contribution in [-0.4, -0.2) is 26.8 Å². The number of hydrogen-bond acceptors (Lipinski definition) is 2. The van der Waals surface area contributed by atoms with Crippen LogP contribution in [0.1, 0.15) is 37.7 Å². The van der Waals surface area contributed by atoms with Crippen LogP contribution >= 0.6 is 0 Å². The lowest BCUT2D eigenvalue weighted by molar-refractivity contribution is 0.191. The van der Waals surface area contributed by atoms with Crippen LogP contribution in [0.15, 0.2) is 24.3 Å². The van der Waals surface area contributed by atoms with Gasteiger partial charge in [-0.05, 0) is 43.0 Å². The number of nitrogens with one attached hydrogen (secondary N) is 1. The molecule has 0 aliphatic heterocycles. The van der Waals surface area contributed by atoms with Gasteiger partial charge in [0, 0.05) is 20.3 Å². The van der Waals surface area contributed by atoms with E-state index in [1.807, 2.05) is 12.1 Å². The van der Waals surface area contributed by atoms with Crippen molar-refractivity contribution in [2.75, 3.05) is 26.8 Å². The van der Waals surface area contributed by atoms with E-state index < -0.39 is 0 Å². The third-order valence-corrected chi connectivity index (χ3v) is 3.13. The molecule has 2 nitrogen and oxygen atoms in total. The number of unbranched alkanes of at least 4 members (excludes halogenated alkanes) is 1. The Morgan fingerprint density at radius 2 is 1.94 bits per heavy atom. The minimum absolute atomic E-state index is 0.166. The van der Waals surface area contributed by atoms with Crippen LogP contribution in [0.5, 0.6) is 0 Å². The summed E-state index contributed by atoms with van der Waals surface area (Å²) in [5, 5.41) is 3.38. The zero-order valence-electron chi connectivity index (χ0n) is 11.4. The molecule has 1 aromatic rings. The van der Waals surface area contributed by atoms with Crippen molar-refractivity contribution >= 4 is 0 Å². The molecule has 102 valence electrons. The molecule has 1 N–H and O–H groups in total. The second-order valence-corrected chi connectivity index (χ2v) is 4.54. The molecule has 0 spiro atoms. The van der Waals surface area contributed by atoms with E-state index in [0.717, 1.165) is 39.0 Å². The second kappa shape index (κ2) is 9.06. The van der Waals surface area contributed by atoms with Crippen LogP contribution in [0.4, 0.5) is 4.39 Å². The maximum absolute atomic E-state index is 12.9. The summed E-state index contributed by atoms with van der Waals surface area (Å²) in [5.74, 6) is 0.294. The lowest BCUT2D eigenvalue weighted by Crippen LogP contribution is -2.21. The normalized spacial score (nSPS) is 12.6. The van der Waals surface area contributed by atoms with Gasteiger partial charge in [-0.25, -0.2) is 4.39 Å². The summed E-state index contributed by atoms with van der Waals surface area (Å²) in [5.41, 5.74) is 1.22. The molecule has 0 heterocycles. The summed E-state index contributed by atoms with van der Waals surface area (Å²) in [6, 6.07) is 6.88. The fourth-order valence-corrected chi connectivity index (χ4v) is 2.08. The Bertz CT molecular complexity index is 313. The maximum Gasteiger partial charge on any atom is 0.123 e. The summed E-state index contributed by atoms with van der Waals surface area (Å²) in [6.07, 6.45) is 3.34. The minimum atomic E-state index is -0.166. The molecule has 1 rings (SSSR count). The van der Waals surface area contributed by atoms with Gasteiger partial charge in [-0.3, -0.25) is 0 Å². The van der Waals surface area contributed by atoms with E-state index in [0.29, 0.717) is 5.92 Å². The van der Waals surface area contributed by atoms with Gasteiger partial charge in [0.25, 0.3) is 0 Å². The summed E-state index contributed by atoms with van der Waals surface area (Å²) >= 11 is 0. The highest BCUT2D eigenvalue weighted by molar-refractivity contribution is 5.20. The molecule has 0 aliphatic carbocycles. The molecule has 0 aliphatic rings. The average molecular weight is 253 g/mol. The van der Waals surface area contributed by atoms with Crippen molar-refractivity contribution < 1.29 is 9.13 Å². The molecular weight excluding hydrogens is 229 g/mol. The third kappa shape index (κ3) is 5.61. The van der Waals surface area contributed by atoms with Crippen LogP contribution < -0.4 is 5.32 Å². The van der Waals surface area contributed by atoms with Crippen LogP contribution in [0.3, 0.4) is 0 Å². The van der Waals surface area contributed by atoms with Crippen LogP contribution in [0.2, 0.25) is 0 Å². The SMILES string of the molecule is CCNCC(CCCCOC)c1ccc(F)cc1. The summed E-state index contributed by atoms with van der Waals surface area (Å²) in [6.45, 7) is 4.84. The van der Waals surface area contributed by atoms with E-state index in [9.17, 15) is 4.39 Å². The quantitative estimate of drug-likeness (QED) is 0.682. The maximum atomic E-state index is 12.9. The first kappa shape index (κ1) is 15.1. The zero-order chi connectivity index (χ0) is 13.2. The minimum Gasteiger partial charge on any atom is -0.385 e. The predicted molar refractivity (Wildman–Crippen MR) is 73.4 cm³/mol. The largest absolute Gasteiger partial charge is 0.385 e. The number of likely N-dealkylation sites (N-methyl/N-ethyl adjacent to an activating group) is 1. The first-order chi connectivity index (χ1) is 8.77. The molecule has 1 atom stereocenters. The topological polar surface area (TPSA) is 21.3 Å². The Balaban J connectivity index is 2.51. The van der Waals surface area contributed by atoms with Crippen LogP contribution in [0.25, 0.3) is 0 Å². The van der Waals surface area contributed by atoms with Gasteiger partial charge < -0.3 is 10.1 Å².